The maximum Gasteiger partial charge on any atom is 0.369 e. The molecule has 3 aromatic rings. The molecule has 0 atom stereocenters. The molecule has 0 N–H and O–H groups in total. The number of ether oxygens (including phenoxy) is 2. The van der Waals surface area contributed by atoms with Gasteiger partial charge in [-0.2, -0.15) is 9.78 Å². The second-order valence-electron chi connectivity index (χ2n) is 5.30. The van der Waals surface area contributed by atoms with E-state index < -0.39 is 5.69 Å². The van der Waals surface area contributed by atoms with Crippen LogP contribution in [0.1, 0.15) is 18.1 Å². The van der Waals surface area contributed by atoms with Crippen LogP contribution >= 0.6 is 0 Å². The van der Waals surface area contributed by atoms with Crippen LogP contribution < -0.4 is 15.2 Å². The van der Waals surface area contributed by atoms with Gasteiger partial charge in [0.1, 0.15) is 18.1 Å². The molecule has 0 aliphatic rings. The highest BCUT2D eigenvalue weighted by Crippen LogP contribution is 2.25. The summed E-state index contributed by atoms with van der Waals surface area (Å²) in [5.41, 5.74) is 1.14. The van der Waals surface area contributed by atoms with Crippen molar-refractivity contribution >= 4 is 0 Å². The van der Waals surface area contributed by atoms with Gasteiger partial charge in [-0.15, -0.1) is 9.78 Å². The molecule has 1 aromatic carbocycles. The Morgan fingerprint density at radius 3 is 2.60 bits per heavy atom. The summed E-state index contributed by atoms with van der Waals surface area (Å²) in [5.74, 6) is 1.45. The third kappa shape index (κ3) is 3.35. The molecule has 0 radical (unpaired) electrons. The molecule has 2 heterocycles. The Bertz CT molecular complexity index is 934. The van der Waals surface area contributed by atoms with Crippen molar-refractivity contribution < 1.29 is 9.47 Å². The van der Waals surface area contributed by atoms with Crippen LogP contribution in [-0.2, 0) is 13.7 Å². The normalized spacial score (nSPS) is 10.7. The number of aryl methyl sites for hydroxylation is 2. The van der Waals surface area contributed by atoms with E-state index in [1.807, 2.05) is 38.1 Å². The van der Waals surface area contributed by atoms with E-state index in [0.29, 0.717) is 17.9 Å². The topological polar surface area (TPSA) is 97.0 Å². The van der Waals surface area contributed by atoms with Gasteiger partial charge < -0.3 is 9.47 Å². The average molecular weight is 342 g/mol. The van der Waals surface area contributed by atoms with Gasteiger partial charge in [0, 0.05) is 7.05 Å². The van der Waals surface area contributed by atoms with Crippen molar-refractivity contribution in [3.8, 4) is 17.3 Å². The lowest BCUT2D eigenvalue weighted by molar-refractivity contribution is 0.282. The van der Waals surface area contributed by atoms with Crippen molar-refractivity contribution in [2.45, 2.75) is 20.5 Å². The standard InChI is InChI=1S/C16H18N6O3/c1-4-24-14-9-17-18-15(22-16(23)21(3)19-20-22)12(14)10-25-13-8-6-5-7-11(13)2/h5-9H,4,10H2,1-3H3. The first-order valence-corrected chi connectivity index (χ1v) is 7.77. The number of hydrogen-bond donors (Lipinski definition) is 0. The van der Waals surface area contributed by atoms with Crippen LogP contribution in [0.25, 0.3) is 5.82 Å². The number of rotatable bonds is 6. The Morgan fingerprint density at radius 1 is 1.12 bits per heavy atom. The highest BCUT2D eigenvalue weighted by atomic mass is 16.5. The van der Waals surface area contributed by atoms with E-state index in [1.54, 1.807) is 0 Å². The Hall–Kier alpha value is -3.23. The lowest BCUT2D eigenvalue weighted by Crippen LogP contribution is -2.24. The van der Waals surface area contributed by atoms with Crippen molar-refractivity contribution in [3.63, 3.8) is 0 Å². The highest BCUT2D eigenvalue weighted by Gasteiger charge is 2.19. The van der Waals surface area contributed by atoms with E-state index in [2.05, 4.69) is 20.6 Å². The van der Waals surface area contributed by atoms with Gasteiger partial charge in [-0.1, -0.05) is 18.2 Å². The van der Waals surface area contributed by atoms with Gasteiger partial charge in [0.15, 0.2) is 5.82 Å². The Morgan fingerprint density at radius 2 is 1.92 bits per heavy atom. The zero-order valence-electron chi connectivity index (χ0n) is 14.2. The smallest absolute Gasteiger partial charge is 0.369 e. The number of para-hydroxylation sites is 1. The molecule has 2 aromatic heterocycles. The molecule has 130 valence electrons. The maximum atomic E-state index is 12.2. The van der Waals surface area contributed by atoms with Crippen molar-refractivity contribution in [2.75, 3.05) is 6.61 Å². The highest BCUT2D eigenvalue weighted by molar-refractivity contribution is 5.42. The van der Waals surface area contributed by atoms with Gasteiger partial charge >= 0.3 is 5.69 Å². The Balaban J connectivity index is 2.02. The van der Waals surface area contributed by atoms with Gasteiger partial charge in [-0.3, -0.25) is 0 Å². The molecular weight excluding hydrogens is 324 g/mol. The Kier molecular flexibility index (Phi) is 4.73. The molecule has 25 heavy (non-hydrogen) atoms. The number of tetrazole rings is 1. The van der Waals surface area contributed by atoms with Gasteiger partial charge in [0.2, 0.25) is 0 Å². The van der Waals surface area contributed by atoms with Crippen molar-refractivity contribution in [3.05, 3.63) is 52.1 Å². The van der Waals surface area contributed by atoms with E-state index in [4.69, 9.17) is 9.47 Å². The zero-order chi connectivity index (χ0) is 17.8. The minimum Gasteiger partial charge on any atom is -0.492 e. The van der Waals surface area contributed by atoms with Gasteiger partial charge in [0.25, 0.3) is 0 Å². The van der Waals surface area contributed by atoms with Crippen LogP contribution in [-0.4, -0.2) is 36.6 Å². The van der Waals surface area contributed by atoms with Gasteiger partial charge in [-0.05, 0) is 35.9 Å². The number of benzene rings is 1. The first-order chi connectivity index (χ1) is 12.1. The summed E-state index contributed by atoms with van der Waals surface area (Å²) >= 11 is 0. The molecule has 0 bridgehead atoms. The Labute approximate surface area is 143 Å². The van der Waals surface area contributed by atoms with E-state index in [9.17, 15) is 4.79 Å². The van der Waals surface area contributed by atoms with E-state index in [1.165, 1.54) is 13.2 Å². The lowest BCUT2D eigenvalue weighted by Gasteiger charge is -2.14. The molecule has 0 amide bonds. The summed E-state index contributed by atoms with van der Waals surface area (Å²) in [7, 11) is 1.51. The van der Waals surface area contributed by atoms with Gasteiger partial charge in [-0.25, -0.2) is 4.79 Å². The van der Waals surface area contributed by atoms with Crippen LogP contribution in [0.15, 0.2) is 35.3 Å². The quantitative estimate of drug-likeness (QED) is 0.660. The predicted octanol–water partition coefficient (Wildman–Crippen LogP) is 1.04. The molecular formula is C16H18N6O3. The van der Waals surface area contributed by atoms with Crippen LogP contribution in [0.4, 0.5) is 0 Å². The summed E-state index contributed by atoms with van der Waals surface area (Å²) in [6.45, 7) is 4.41. The maximum absolute atomic E-state index is 12.2. The van der Waals surface area contributed by atoms with Crippen molar-refractivity contribution in [2.24, 2.45) is 7.05 Å². The van der Waals surface area contributed by atoms with Crippen LogP contribution in [0.2, 0.25) is 0 Å². The molecule has 0 aliphatic heterocycles. The number of aromatic nitrogens is 6. The molecule has 0 unspecified atom stereocenters. The predicted molar refractivity (Wildman–Crippen MR) is 88.9 cm³/mol. The van der Waals surface area contributed by atoms with E-state index in [-0.39, 0.29) is 12.4 Å². The fourth-order valence-corrected chi connectivity index (χ4v) is 2.29. The molecule has 0 saturated heterocycles. The van der Waals surface area contributed by atoms with Crippen molar-refractivity contribution in [1.82, 2.24) is 30.0 Å². The monoisotopic (exact) mass is 342 g/mol. The van der Waals surface area contributed by atoms with Crippen molar-refractivity contribution in [1.29, 1.82) is 0 Å². The summed E-state index contributed by atoms with van der Waals surface area (Å²) < 4.78 is 13.7. The van der Waals surface area contributed by atoms with Crippen LogP contribution in [0.3, 0.4) is 0 Å². The fraction of sp³-hybridized carbons (Fsp3) is 0.312. The zero-order valence-corrected chi connectivity index (χ0v) is 14.2. The van der Waals surface area contributed by atoms with Crippen LogP contribution in [0.5, 0.6) is 11.5 Å². The second kappa shape index (κ2) is 7.12. The van der Waals surface area contributed by atoms with Crippen LogP contribution in [0, 0.1) is 6.92 Å². The third-order valence-corrected chi connectivity index (χ3v) is 3.58. The van der Waals surface area contributed by atoms with E-state index >= 15 is 0 Å². The summed E-state index contributed by atoms with van der Waals surface area (Å²) in [6, 6.07) is 7.66. The largest absolute Gasteiger partial charge is 0.492 e. The average Bonchev–Trinajstić information content (AvgIpc) is 2.94. The first kappa shape index (κ1) is 16.6. The molecule has 9 nitrogen and oxygen atoms in total. The fourth-order valence-electron chi connectivity index (χ4n) is 2.29. The lowest BCUT2D eigenvalue weighted by atomic mass is 10.2. The molecule has 3 rings (SSSR count). The molecule has 9 heteroatoms. The first-order valence-electron chi connectivity index (χ1n) is 7.77. The molecule has 0 saturated carbocycles. The number of nitrogens with zero attached hydrogens (tertiary/aromatic N) is 6. The van der Waals surface area contributed by atoms with E-state index in [0.717, 1.165) is 20.7 Å². The summed E-state index contributed by atoms with van der Waals surface area (Å²) in [6.07, 6.45) is 1.49. The summed E-state index contributed by atoms with van der Waals surface area (Å²) in [4.78, 5) is 12.2. The SMILES string of the molecule is CCOc1cnnc(-n2nnn(C)c2=O)c1COc1ccccc1C. The minimum absolute atomic E-state index is 0.147. The van der Waals surface area contributed by atoms with Gasteiger partial charge in [0.05, 0.1) is 18.4 Å². The number of hydrogen-bond acceptors (Lipinski definition) is 7. The molecule has 0 aliphatic carbocycles. The second-order valence-corrected chi connectivity index (χ2v) is 5.30. The molecule has 0 fully saturated rings. The summed E-state index contributed by atoms with van der Waals surface area (Å²) in [5, 5.41) is 15.5. The minimum atomic E-state index is -0.430. The molecule has 0 spiro atoms. The third-order valence-electron chi connectivity index (χ3n) is 3.58.